The van der Waals surface area contributed by atoms with Gasteiger partial charge in [0.15, 0.2) is 0 Å². The maximum atomic E-state index is 5.47. The summed E-state index contributed by atoms with van der Waals surface area (Å²) in [6.45, 7) is 7.34. The molecule has 2 aliphatic heterocycles. The zero-order chi connectivity index (χ0) is 10.5. The van der Waals surface area contributed by atoms with Crippen molar-refractivity contribution in [3.05, 3.63) is 0 Å². The second-order valence-corrected chi connectivity index (χ2v) is 3.90. The zero-order valence-corrected chi connectivity index (χ0v) is 9.18. The molecule has 2 heterocycles. The molecule has 0 spiro atoms. The van der Waals surface area contributed by atoms with Gasteiger partial charge in [-0.05, 0) is 6.54 Å². The minimum Gasteiger partial charge on any atom is -0.371 e. The Morgan fingerprint density at radius 2 is 1.53 bits per heavy atom. The number of epoxide rings is 2. The summed E-state index contributed by atoms with van der Waals surface area (Å²) in [5.74, 6) is 0. The lowest BCUT2D eigenvalue weighted by Crippen LogP contribution is -2.30. The maximum absolute atomic E-state index is 5.47. The van der Waals surface area contributed by atoms with Crippen molar-refractivity contribution in [2.45, 2.75) is 19.1 Å². The van der Waals surface area contributed by atoms with Gasteiger partial charge < -0.3 is 18.9 Å². The van der Waals surface area contributed by atoms with Crippen LogP contribution >= 0.6 is 0 Å². The van der Waals surface area contributed by atoms with Gasteiger partial charge in [-0.3, -0.25) is 4.90 Å². The molecule has 0 aromatic carbocycles. The smallest absolute Gasteiger partial charge is 0.104 e. The van der Waals surface area contributed by atoms with E-state index in [-0.39, 0.29) is 0 Å². The lowest BCUT2D eigenvalue weighted by Gasteiger charge is -2.19. The van der Waals surface area contributed by atoms with E-state index in [0.29, 0.717) is 38.9 Å². The van der Waals surface area contributed by atoms with Crippen LogP contribution in [0.15, 0.2) is 0 Å². The van der Waals surface area contributed by atoms with Gasteiger partial charge in [0.05, 0.1) is 26.4 Å². The highest BCUT2D eigenvalue weighted by molar-refractivity contribution is 4.68. The van der Waals surface area contributed by atoms with E-state index in [1.54, 1.807) is 0 Å². The van der Waals surface area contributed by atoms with Crippen LogP contribution in [0.1, 0.15) is 6.92 Å². The molecule has 2 atom stereocenters. The molecule has 5 heteroatoms. The molecule has 0 aliphatic carbocycles. The van der Waals surface area contributed by atoms with E-state index in [1.165, 1.54) is 0 Å². The summed E-state index contributed by atoms with van der Waals surface area (Å²) in [5.41, 5.74) is 0. The minimum absolute atomic E-state index is 0.337. The predicted molar refractivity (Wildman–Crippen MR) is 53.5 cm³/mol. The van der Waals surface area contributed by atoms with Gasteiger partial charge in [-0.25, -0.2) is 0 Å². The van der Waals surface area contributed by atoms with E-state index in [0.717, 1.165) is 19.8 Å². The Balaban J connectivity index is 1.45. The minimum atomic E-state index is 0.337. The number of nitrogens with zero attached hydrogens (tertiary/aromatic N) is 1. The van der Waals surface area contributed by atoms with Gasteiger partial charge in [-0.2, -0.15) is 0 Å². The van der Waals surface area contributed by atoms with Gasteiger partial charge in [0, 0.05) is 0 Å². The fraction of sp³-hybridized carbons (Fsp3) is 1.00. The van der Waals surface area contributed by atoms with Crippen molar-refractivity contribution in [2.24, 2.45) is 0 Å². The predicted octanol–water partition coefficient (Wildman–Crippen LogP) is 0.0541. The van der Waals surface area contributed by atoms with Gasteiger partial charge in [-0.15, -0.1) is 0 Å². The summed E-state index contributed by atoms with van der Waals surface area (Å²) in [6, 6.07) is 0. The third-order valence-corrected chi connectivity index (χ3v) is 2.41. The van der Waals surface area contributed by atoms with E-state index in [4.69, 9.17) is 18.9 Å². The number of hydrogen-bond acceptors (Lipinski definition) is 5. The number of hydrogen-bond donors (Lipinski definition) is 0. The highest BCUT2D eigenvalue weighted by atomic mass is 16.6. The summed E-state index contributed by atoms with van der Waals surface area (Å²) in [7, 11) is 0. The van der Waals surface area contributed by atoms with E-state index < -0.39 is 0 Å². The van der Waals surface area contributed by atoms with Crippen LogP contribution in [0.2, 0.25) is 0 Å². The largest absolute Gasteiger partial charge is 0.371 e. The maximum Gasteiger partial charge on any atom is 0.104 e. The number of rotatable bonds is 9. The van der Waals surface area contributed by atoms with Crippen LogP contribution in [0, 0.1) is 0 Å². The van der Waals surface area contributed by atoms with Crippen molar-refractivity contribution in [1.82, 2.24) is 4.90 Å². The summed E-state index contributed by atoms with van der Waals surface area (Å²) in [6.07, 6.45) is 0.675. The van der Waals surface area contributed by atoms with E-state index in [2.05, 4.69) is 11.8 Å². The molecule has 0 aromatic heterocycles. The van der Waals surface area contributed by atoms with Gasteiger partial charge in [-0.1, -0.05) is 6.92 Å². The average molecular weight is 217 g/mol. The first-order valence-corrected chi connectivity index (χ1v) is 5.49. The van der Waals surface area contributed by atoms with Gasteiger partial charge in [0.1, 0.15) is 25.7 Å². The highest BCUT2D eigenvalue weighted by Gasteiger charge is 2.23. The first-order valence-electron chi connectivity index (χ1n) is 5.49. The lowest BCUT2D eigenvalue weighted by molar-refractivity contribution is -0.0473. The molecule has 5 nitrogen and oxygen atoms in total. The Morgan fingerprint density at radius 3 is 1.87 bits per heavy atom. The van der Waals surface area contributed by atoms with E-state index in [9.17, 15) is 0 Å². The standard InChI is InChI=1S/C10H19NO4/c1-2-11(7-12-3-9-5-14-9)8-13-4-10-6-15-10/h9-10H,2-8H2,1H3. The van der Waals surface area contributed by atoms with Crippen LogP contribution in [-0.2, 0) is 18.9 Å². The van der Waals surface area contributed by atoms with Crippen molar-refractivity contribution < 1.29 is 18.9 Å². The lowest BCUT2D eigenvalue weighted by atomic mass is 10.5. The number of ether oxygens (including phenoxy) is 4. The summed E-state index contributed by atoms with van der Waals surface area (Å²) < 4.78 is 21.1. The highest BCUT2D eigenvalue weighted by Crippen LogP contribution is 2.10. The first kappa shape index (κ1) is 11.3. The second-order valence-electron chi connectivity index (χ2n) is 3.90. The van der Waals surface area contributed by atoms with Crippen LogP contribution in [0.3, 0.4) is 0 Å². The molecule has 0 aromatic rings. The Morgan fingerprint density at radius 1 is 1.07 bits per heavy atom. The van der Waals surface area contributed by atoms with Crippen LogP contribution < -0.4 is 0 Å². The molecule has 88 valence electrons. The van der Waals surface area contributed by atoms with Crippen molar-refractivity contribution in [3.8, 4) is 0 Å². The van der Waals surface area contributed by atoms with Crippen LogP contribution in [0.4, 0.5) is 0 Å². The Labute approximate surface area is 90.2 Å². The summed E-state index contributed by atoms with van der Waals surface area (Å²) >= 11 is 0. The molecule has 2 rings (SSSR count). The molecule has 2 fully saturated rings. The Kier molecular flexibility index (Phi) is 4.34. The average Bonchev–Trinajstić information content (AvgIpc) is 3.09. The normalized spacial score (nSPS) is 28.4. The van der Waals surface area contributed by atoms with Gasteiger partial charge in [0.2, 0.25) is 0 Å². The van der Waals surface area contributed by atoms with Crippen molar-refractivity contribution in [1.29, 1.82) is 0 Å². The Bertz CT molecular complexity index is 164. The van der Waals surface area contributed by atoms with Crippen LogP contribution in [0.5, 0.6) is 0 Å². The third-order valence-electron chi connectivity index (χ3n) is 2.41. The molecule has 0 amide bonds. The summed E-state index contributed by atoms with van der Waals surface area (Å²) in [5, 5.41) is 0. The quantitative estimate of drug-likeness (QED) is 0.403. The van der Waals surface area contributed by atoms with E-state index in [1.807, 2.05) is 0 Å². The van der Waals surface area contributed by atoms with Gasteiger partial charge >= 0.3 is 0 Å². The molecule has 15 heavy (non-hydrogen) atoms. The van der Waals surface area contributed by atoms with Crippen LogP contribution in [0.25, 0.3) is 0 Å². The molecular weight excluding hydrogens is 198 g/mol. The molecule has 2 unspecified atom stereocenters. The van der Waals surface area contributed by atoms with E-state index >= 15 is 0 Å². The molecule has 0 radical (unpaired) electrons. The SMILES string of the molecule is CCN(COCC1CO1)COCC1CO1. The molecule has 2 saturated heterocycles. The molecule has 0 bridgehead atoms. The Hall–Kier alpha value is -0.200. The van der Waals surface area contributed by atoms with Crippen molar-refractivity contribution >= 4 is 0 Å². The first-order chi connectivity index (χ1) is 7.38. The van der Waals surface area contributed by atoms with Crippen molar-refractivity contribution in [3.63, 3.8) is 0 Å². The monoisotopic (exact) mass is 217 g/mol. The molecule has 2 aliphatic rings. The molecule has 0 saturated carbocycles. The topological polar surface area (TPSA) is 46.8 Å². The summed E-state index contributed by atoms with van der Waals surface area (Å²) in [4.78, 5) is 2.10. The van der Waals surface area contributed by atoms with Crippen LogP contribution in [-0.4, -0.2) is 63.5 Å². The second kappa shape index (κ2) is 5.77. The fourth-order valence-corrected chi connectivity index (χ4v) is 1.17. The van der Waals surface area contributed by atoms with Crippen molar-refractivity contribution in [2.75, 3.05) is 46.4 Å². The molecule has 0 N–H and O–H groups in total. The third kappa shape index (κ3) is 4.90. The van der Waals surface area contributed by atoms with Gasteiger partial charge in [0.25, 0.3) is 0 Å². The molecular formula is C10H19NO4. The zero-order valence-electron chi connectivity index (χ0n) is 9.18. The fourth-order valence-electron chi connectivity index (χ4n) is 1.17.